The number of halogens is 1. The highest BCUT2D eigenvalue weighted by Gasteiger charge is 2.18. The van der Waals surface area contributed by atoms with Crippen LogP contribution in [0.4, 0.5) is 5.82 Å². The zero-order chi connectivity index (χ0) is 13.1. The maximum absolute atomic E-state index is 6.25. The largest absolute Gasteiger partial charge is 0.356 e. The topological polar surface area (TPSA) is 29.0 Å². The molecular weight excluding hydrogens is 246 g/mol. The van der Waals surface area contributed by atoms with Crippen LogP contribution in [0.5, 0.6) is 0 Å². The Hall–Kier alpha value is -0.830. The van der Waals surface area contributed by atoms with Crippen molar-refractivity contribution in [2.75, 3.05) is 18.0 Å². The first-order valence-electron chi connectivity index (χ1n) is 6.88. The first kappa shape index (κ1) is 13.6. The van der Waals surface area contributed by atoms with Gasteiger partial charge in [0.25, 0.3) is 0 Å². The predicted octanol–water partition coefficient (Wildman–Crippen LogP) is 3.94. The van der Waals surface area contributed by atoms with Crippen LogP contribution in [0.1, 0.15) is 56.8 Å². The van der Waals surface area contributed by atoms with E-state index in [1.54, 1.807) is 0 Å². The predicted molar refractivity (Wildman–Crippen MR) is 76.5 cm³/mol. The molecule has 1 aromatic rings. The Bertz CT molecular complexity index is 410. The van der Waals surface area contributed by atoms with E-state index in [0.29, 0.717) is 11.1 Å². The van der Waals surface area contributed by atoms with Gasteiger partial charge >= 0.3 is 0 Å². The van der Waals surface area contributed by atoms with Crippen molar-refractivity contribution in [3.05, 3.63) is 16.5 Å². The minimum atomic E-state index is 0.314. The smallest absolute Gasteiger partial charge is 0.137 e. The Morgan fingerprint density at radius 1 is 1.06 bits per heavy atom. The molecule has 0 bridgehead atoms. The van der Waals surface area contributed by atoms with E-state index in [-0.39, 0.29) is 0 Å². The van der Waals surface area contributed by atoms with Crippen LogP contribution in [-0.4, -0.2) is 23.1 Å². The Balaban J connectivity index is 2.35. The summed E-state index contributed by atoms with van der Waals surface area (Å²) in [6.07, 6.45) is 5.15. The van der Waals surface area contributed by atoms with Crippen LogP contribution >= 0.6 is 11.6 Å². The highest BCUT2D eigenvalue weighted by Crippen LogP contribution is 2.27. The molecular formula is C14H22ClN3. The zero-order valence-electron chi connectivity index (χ0n) is 11.5. The molecule has 1 fully saturated rings. The lowest BCUT2D eigenvalue weighted by atomic mass is 10.2. The third-order valence-electron chi connectivity index (χ3n) is 3.50. The number of aromatic nitrogens is 2. The Morgan fingerprint density at radius 2 is 1.67 bits per heavy atom. The molecule has 1 aliphatic rings. The molecule has 3 nitrogen and oxygen atoms in total. The maximum atomic E-state index is 6.25. The fourth-order valence-electron chi connectivity index (χ4n) is 2.34. The summed E-state index contributed by atoms with van der Waals surface area (Å²) in [6.45, 7) is 8.41. The second-order valence-electron chi connectivity index (χ2n) is 5.38. The molecule has 0 N–H and O–H groups in total. The van der Waals surface area contributed by atoms with Gasteiger partial charge < -0.3 is 4.90 Å². The average molecular weight is 268 g/mol. The summed E-state index contributed by atoms with van der Waals surface area (Å²) in [5, 5.41) is 0.605. The first-order valence-corrected chi connectivity index (χ1v) is 7.26. The summed E-state index contributed by atoms with van der Waals surface area (Å²) in [6, 6.07) is 0. The highest BCUT2D eigenvalue weighted by atomic mass is 35.5. The van der Waals surface area contributed by atoms with Crippen molar-refractivity contribution < 1.29 is 0 Å². The fourth-order valence-corrected chi connectivity index (χ4v) is 2.51. The van der Waals surface area contributed by atoms with Crippen LogP contribution in [0.15, 0.2) is 0 Å². The zero-order valence-corrected chi connectivity index (χ0v) is 12.3. The second kappa shape index (κ2) is 5.87. The third kappa shape index (κ3) is 2.94. The number of anilines is 1. The Morgan fingerprint density at radius 3 is 2.22 bits per heavy atom. The summed E-state index contributed by atoms with van der Waals surface area (Å²) in [5.74, 6) is 2.21. The molecule has 0 aliphatic carbocycles. The van der Waals surface area contributed by atoms with Crippen LogP contribution in [-0.2, 0) is 0 Å². The van der Waals surface area contributed by atoms with E-state index in [2.05, 4.69) is 23.7 Å². The van der Waals surface area contributed by atoms with Crippen LogP contribution in [0.25, 0.3) is 0 Å². The van der Waals surface area contributed by atoms with E-state index in [0.717, 1.165) is 30.3 Å². The van der Waals surface area contributed by atoms with Gasteiger partial charge in [0.2, 0.25) is 0 Å². The molecule has 0 amide bonds. The fraction of sp³-hybridized carbons (Fsp3) is 0.714. The van der Waals surface area contributed by atoms with Gasteiger partial charge in [0.05, 0.1) is 0 Å². The van der Waals surface area contributed by atoms with Crippen molar-refractivity contribution in [1.82, 2.24) is 9.97 Å². The van der Waals surface area contributed by atoms with E-state index < -0.39 is 0 Å². The number of rotatable bonds is 2. The minimum Gasteiger partial charge on any atom is -0.356 e. The molecule has 0 spiro atoms. The number of nitrogens with zero attached hydrogens (tertiary/aromatic N) is 3. The van der Waals surface area contributed by atoms with Gasteiger partial charge in [0.1, 0.15) is 16.8 Å². The molecule has 1 aliphatic heterocycles. The molecule has 4 heteroatoms. The van der Waals surface area contributed by atoms with Crippen molar-refractivity contribution in [2.24, 2.45) is 0 Å². The van der Waals surface area contributed by atoms with Crippen LogP contribution in [0.3, 0.4) is 0 Å². The van der Waals surface area contributed by atoms with Crippen LogP contribution < -0.4 is 4.90 Å². The van der Waals surface area contributed by atoms with Gasteiger partial charge in [-0.05, 0) is 19.8 Å². The number of hydrogen-bond donors (Lipinski definition) is 0. The first-order chi connectivity index (χ1) is 8.59. The molecule has 2 rings (SSSR count). The lowest BCUT2D eigenvalue weighted by molar-refractivity contribution is 0.726. The van der Waals surface area contributed by atoms with Crippen LogP contribution in [0.2, 0.25) is 5.15 Å². The standard InChI is InChI=1S/C14H22ClN3/c1-10(2)13-16-12(15)11(3)14(17-13)18-8-6-4-5-7-9-18/h10H,4-9H2,1-3H3. The monoisotopic (exact) mass is 267 g/mol. The molecule has 0 saturated carbocycles. The summed E-state index contributed by atoms with van der Waals surface area (Å²) in [5.41, 5.74) is 1.02. The van der Waals surface area contributed by atoms with E-state index in [4.69, 9.17) is 16.6 Å². The van der Waals surface area contributed by atoms with Crippen molar-refractivity contribution >= 4 is 17.4 Å². The van der Waals surface area contributed by atoms with E-state index >= 15 is 0 Å². The van der Waals surface area contributed by atoms with Gasteiger partial charge in [0, 0.05) is 24.6 Å². The normalized spacial score (nSPS) is 17.1. The second-order valence-corrected chi connectivity index (χ2v) is 5.74. The summed E-state index contributed by atoms with van der Waals surface area (Å²) < 4.78 is 0. The molecule has 18 heavy (non-hydrogen) atoms. The van der Waals surface area contributed by atoms with Crippen molar-refractivity contribution in [1.29, 1.82) is 0 Å². The quantitative estimate of drug-likeness (QED) is 0.760. The minimum absolute atomic E-state index is 0.314. The molecule has 0 unspecified atom stereocenters. The van der Waals surface area contributed by atoms with Crippen molar-refractivity contribution in [3.63, 3.8) is 0 Å². The summed E-state index contributed by atoms with van der Waals surface area (Å²) >= 11 is 6.25. The average Bonchev–Trinajstić information content (AvgIpc) is 2.61. The van der Waals surface area contributed by atoms with Gasteiger partial charge in [-0.1, -0.05) is 38.3 Å². The molecule has 0 atom stereocenters. The van der Waals surface area contributed by atoms with Crippen molar-refractivity contribution in [3.8, 4) is 0 Å². The summed E-state index contributed by atoms with van der Waals surface area (Å²) in [7, 11) is 0. The lowest BCUT2D eigenvalue weighted by Crippen LogP contribution is -2.26. The van der Waals surface area contributed by atoms with Gasteiger partial charge in [-0.3, -0.25) is 0 Å². The van der Waals surface area contributed by atoms with E-state index in [9.17, 15) is 0 Å². The molecule has 2 heterocycles. The molecule has 1 aromatic heterocycles. The maximum Gasteiger partial charge on any atom is 0.137 e. The van der Waals surface area contributed by atoms with Gasteiger partial charge in [-0.2, -0.15) is 0 Å². The Kier molecular flexibility index (Phi) is 4.44. The molecule has 1 saturated heterocycles. The van der Waals surface area contributed by atoms with E-state index in [1.165, 1.54) is 25.7 Å². The Labute approximate surface area is 115 Å². The molecule has 100 valence electrons. The van der Waals surface area contributed by atoms with Gasteiger partial charge in [-0.15, -0.1) is 0 Å². The van der Waals surface area contributed by atoms with Gasteiger partial charge in [-0.25, -0.2) is 9.97 Å². The molecule has 0 aromatic carbocycles. The van der Waals surface area contributed by atoms with Crippen molar-refractivity contribution in [2.45, 2.75) is 52.4 Å². The SMILES string of the molecule is Cc1c(Cl)nc(C(C)C)nc1N1CCCCCC1. The summed E-state index contributed by atoms with van der Waals surface area (Å²) in [4.78, 5) is 11.5. The lowest BCUT2D eigenvalue weighted by Gasteiger charge is -2.24. The highest BCUT2D eigenvalue weighted by molar-refractivity contribution is 6.30. The van der Waals surface area contributed by atoms with Gasteiger partial charge in [0.15, 0.2) is 0 Å². The number of hydrogen-bond acceptors (Lipinski definition) is 3. The third-order valence-corrected chi connectivity index (χ3v) is 3.87. The van der Waals surface area contributed by atoms with E-state index in [1.807, 2.05) is 6.92 Å². The molecule has 0 radical (unpaired) electrons. The van der Waals surface area contributed by atoms with Crippen LogP contribution in [0, 0.1) is 6.92 Å².